The quantitative estimate of drug-likeness (QED) is 0.423. The number of H-pyrrole nitrogens is 1. The predicted molar refractivity (Wildman–Crippen MR) is 124 cm³/mol. The molecule has 0 atom stereocenters. The number of hydrogen-bond acceptors (Lipinski definition) is 6. The van der Waals surface area contributed by atoms with E-state index in [1.54, 1.807) is 6.33 Å². The molecule has 0 aliphatic carbocycles. The van der Waals surface area contributed by atoms with Crippen molar-refractivity contribution in [3.05, 3.63) is 65.6 Å². The van der Waals surface area contributed by atoms with Gasteiger partial charge < -0.3 is 10.2 Å². The zero-order valence-corrected chi connectivity index (χ0v) is 17.5. The molecule has 7 nitrogen and oxygen atoms in total. The van der Waals surface area contributed by atoms with Gasteiger partial charge in [-0.25, -0.2) is 15.0 Å². The van der Waals surface area contributed by atoms with Crippen LogP contribution in [0.25, 0.3) is 33.1 Å². The van der Waals surface area contributed by atoms with Crippen LogP contribution in [0.4, 0.5) is 17.3 Å². The summed E-state index contributed by atoms with van der Waals surface area (Å²) in [5.74, 6) is 1.67. The molecule has 0 spiro atoms. The first kappa shape index (κ1) is 18.1. The Labute approximate surface area is 183 Å². The molecular weight excluding hydrogens is 410 g/mol. The molecule has 0 saturated heterocycles. The number of pyridine rings is 1. The fraction of sp³-hybridized carbons (Fsp3) is 0.130. The van der Waals surface area contributed by atoms with Crippen molar-refractivity contribution in [2.24, 2.45) is 0 Å². The van der Waals surface area contributed by atoms with E-state index in [4.69, 9.17) is 11.6 Å². The van der Waals surface area contributed by atoms with Crippen LogP contribution in [0.15, 0.2) is 55.0 Å². The Morgan fingerprint density at radius 3 is 2.81 bits per heavy atom. The fourth-order valence-corrected chi connectivity index (χ4v) is 4.43. The number of halogens is 1. The molecule has 152 valence electrons. The van der Waals surface area contributed by atoms with Gasteiger partial charge in [-0.2, -0.15) is 5.10 Å². The second-order valence-electron chi connectivity index (χ2n) is 7.55. The Morgan fingerprint density at radius 2 is 1.90 bits per heavy atom. The average molecular weight is 428 g/mol. The smallest absolute Gasteiger partial charge is 0.157 e. The maximum absolute atomic E-state index is 6.28. The van der Waals surface area contributed by atoms with Crippen molar-refractivity contribution in [2.45, 2.75) is 6.42 Å². The maximum Gasteiger partial charge on any atom is 0.157 e. The minimum absolute atomic E-state index is 0.726. The minimum Gasteiger partial charge on any atom is -0.371 e. The first-order chi connectivity index (χ1) is 15.2. The van der Waals surface area contributed by atoms with Gasteiger partial charge in [0.25, 0.3) is 0 Å². The largest absolute Gasteiger partial charge is 0.371 e. The molecule has 5 aromatic rings. The third-order valence-corrected chi connectivity index (χ3v) is 6.03. The van der Waals surface area contributed by atoms with Crippen LogP contribution >= 0.6 is 11.6 Å². The number of benzene rings is 2. The van der Waals surface area contributed by atoms with Crippen LogP contribution in [0, 0.1) is 0 Å². The first-order valence-electron chi connectivity index (χ1n) is 10.0. The molecule has 4 heterocycles. The Kier molecular flexibility index (Phi) is 4.04. The van der Waals surface area contributed by atoms with E-state index in [0.29, 0.717) is 0 Å². The third kappa shape index (κ3) is 2.89. The lowest BCUT2D eigenvalue weighted by atomic mass is 10.0. The van der Waals surface area contributed by atoms with Gasteiger partial charge >= 0.3 is 0 Å². The molecule has 0 amide bonds. The summed E-state index contributed by atoms with van der Waals surface area (Å²) in [6.07, 6.45) is 4.44. The summed E-state index contributed by atoms with van der Waals surface area (Å²) in [4.78, 5) is 15.9. The van der Waals surface area contributed by atoms with Crippen molar-refractivity contribution in [1.82, 2.24) is 25.1 Å². The number of rotatable bonds is 3. The number of nitrogens with zero attached hydrogens (tertiary/aromatic N) is 5. The van der Waals surface area contributed by atoms with Gasteiger partial charge in [0.05, 0.1) is 10.9 Å². The zero-order valence-electron chi connectivity index (χ0n) is 16.7. The molecular formula is C23H18ClN7. The highest BCUT2D eigenvalue weighted by atomic mass is 35.5. The van der Waals surface area contributed by atoms with Gasteiger partial charge in [-0.3, -0.25) is 5.10 Å². The summed E-state index contributed by atoms with van der Waals surface area (Å²) in [5, 5.41) is 13.0. The van der Waals surface area contributed by atoms with Gasteiger partial charge in [0.1, 0.15) is 12.1 Å². The number of fused-ring (bicyclic) bond motifs is 3. The fourth-order valence-electron chi connectivity index (χ4n) is 4.26. The van der Waals surface area contributed by atoms with Gasteiger partial charge in [-0.05, 0) is 47.9 Å². The summed E-state index contributed by atoms with van der Waals surface area (Å²) < 4.78 is 0. The maximum atomic E-state index is 6.28. The van der Waals surface area contributed by atoms with Crippen LogP contribution in [0.5, 0.6) is 0 Å². The minimum atomic E-state index is 0.726. The van der Waals surface area contributed by atoms with Gasteiger partial charge in [-0.15, -0.1) is 0 Å². The summed E-state index contributed by atoms with van der Waals surface area (Å²) >= 11 is 6.28. The molecule has 1 aliphatic heterocycles. The molecule has 0 saturated carbocycles. The van der Waals surface area contributed by atoms with Crippen LogP contribution in [0.3, 0.4) is 0 Å². The number of nitrogens with one attached hydrogen (secondary N) is 2. The highest BCUT2D eigenvalue weighted by Gasteiger charge is 2.23. The first-order valence-corrected chi connectivity index (χ1v) is 10.4. The molecule has 6 rings (SSSR count). The van der Waals surface area contributed by atoms with Crippen LogP contribution in [0.2, 0.25) is 5.02 Å². The van der Waals surface area contributed by atoms with E-state index in [1.165, 1.54) is 5.56 Å². The number of anilines is 3. The van der Waals surface area contributed by atoms with Crippen molar-refractivity contribution >= 4 is 50.9 Å². The number of aromatic nitrogens is 5. The monoisotopic (exact) mass is 427 g/mol. The van der Waals surface area contributed by atoms with Crippen molar-refractivity contribution < 1.29 is 0 Å². The van der Waals surface area contributed by atoms with E-state index in [-0.39, 0.29) is 0 Å². The van der Waals surface area contributed by atoms with E-state index in [1.807, 2.05) is 31.4 Å². The van der Waals surface area contributed by atoms with E-state index in [2.05, 4.69) is 59.6 Å². The highest BCUT2D eigenvalue weighted by Crippen LogP contribution is 2.39. The van der Waals surface area contributed by atoms with Crippen molar-refractivity contribution in [2.75, 3.05) is 23.8 Å². The Balaban J connectivity index is 1.50. The standard InChI is InChI=1S/C23H18ClN7/c1-25-21-18-9-15(11-26-22(18)30-29-21)14-3-5-19-17(8-14)23(28-12-27-19)31-7-6-13-2-4-16(24)10-20(13)31/h2-5,8-12H,6-7H2,1H3,(H2,25,26,29,30). The molecule has 31 heavy (non-hydrogen) atoms. The molecule has 2 aromatic carbocycles. The lowest BCUT2D eigenvalue weighted by Crippen LogP contribution is -2.15. The zero-order chi connectivity index (χ0) is 20.9. The second-order valence-corrected chi connectivity index (χ2v) is 7.98. The molecule has 0 unspecified atom stereocenters. The average Bonchev–Trinajstić information content (AvgIpc) is 3.41. The molecule has 8 heteroatoms. The molecule has 0 radical (unpaired) electrons. The Bertz CT molecular complexity index is 1460. The molecule has 0 fully saturated rings. The molecule has 1 aliphatic rings. The second kappa shape index (κ2) is 6.92. The Hall–Kier alpha value is -3.71. The summed E-state index contributed by atoms with van der Waals surface area (Å²) in [6.45, 7) is 0.861. The van der Waals surface area contributed by atoms with Gasteiger partial charge in [-0.1, -0.05) is 23.7 Å². The Morgan fingerprint density at radius 1 is 1.00 bits per heavy atom. The number of hydrogen-bond donors (Lipinski definition) is 2. The van der Waals surface area contributed by atoms with Crippen LogP contribution < -0.4 is 10.2 Å². The molecule has 2 N–H and O–H groups in total. The van der Waals surface area contributed by atoms with Gasteiger partial charge in [0.15, 0.2) is 11.5 Å². The van der Waals surface area contributed by atoms with E-state index in [0.717, 1.165) is 68.4 Å². The van der Waals surface area contributed by atoms with Crippen LogP contribution in [-0.4, -0.2) is 38.7 Å². The highest BCUT2D eigenvalue weighted by molar-refractivity contribution is 6.31. The molecule has 0 bridgehead atoms. The SMILES string of the molecule is CNc1n[nH]c2ncc(-c3ccc4ncnc(N5CCc6ccc(Cl)cc65)c4c3)cc12. The van der Waals surface area contributed by atoms with Crippen LogP contribution in [0.1, 0.15) is 5.56 Å². The van der Waals surface area contributed by atoms with Crippen molar-refractivity contribution in [3.8, 4) is 11.1 Å². The predicted octanol–water partition coefficient (Wildman–Crippen LogP) is 4.96. The third-order valence-electron chi connectivity index (χ3n) is 5.80. The normalized spacial score (nSPS) is 13.2. The molecule has 3 aromatic heterocycles. The van der Waals surface area contributed by atoms with Crippen molar-refractivity contribution in [1.29, 1.82) is 0 Å². The van der Waals surface area contributed by atoms with Crippen molar-refractivity contribution in [3.63, 3.8) is 0 Å². The van der Waals surface area contributed by atoms with Gasteiger partial charge in [0, 0.05) is 41.4 Å². The van der Waals surface area contributed by atoms with Crippen LogP contribution in [-0.2, 0) is 6.42 Å². The van der Waals surface area contributed by atoms with E-state index in [9.17, 15) is 0 Å². The topological polar surface area (TPSA) is 82.6 Å². The van der Waals surface area contributed by atoms with Gasteiger partial charge in [0.2, 0.25) is 0 Å². The van der Waals surface area contributed by atoms with E-state index < -0.39 is 0 Å². The summed E-state index contributed by atoms with van der Waals surface area (Å²) in [7, 11) is 1.85. The number of aromatic amines is 1. The lowest BCUT2D eigenvalue weighted by Gasteiger charge is -2.20. The summed E-state index contributed by atoms with van der Waals surface area (Å²) in [6, 6.07) is 14.4. The van der Waals surface area contributed by atoms with E-state index >= 15 is 0 Å². The summed E-state index contributed by atoms with van der Waals surface area (Å²) in [5.41, 5.74) is 6.10. The lowest BCUT2D eigenvalue weighted by molar-refractivity contribution is 0.975.